The molecule has 0 bridgehead atoms. The van der Waals surface area contributed by atoms with Crippen LogP contribution in [0.1, 0.15) is 98.5 Å². The Hall–Kier alpha value is -2.47. The van der Waals surface area contributed by atoms with Gasteiger partial charge in [0.2, 0.25) is 0 Å². The second-order valence-corrected chi connectivity index (χ2v) is 14.1. The molecule has 2 aliphatic heterocycles. The molecule has 9 heteroatoms. The van der Waals surface area contributed by atoms with Crippen molar-refractivity contribution in [3.63, 3.8) is 0 Å². The number of carbonyl (C=O) groups excluding carboxylic acids is 2. The van der Waals surface area contributed by atoms with Crippen LogP contribution >= 0.6 is 15.9 Å². The van der Waals surface area contributed by atoms with Gasteiger partial charge in [-0.3, -0.25) is 0 Å². The first-order chi connectivity index (χ1) is 19.8. The molecule has 0 atom stereocenters. The number of ether oxygens (including phenoxy) is 3. The first-order valence-electron chi connectivity index (χ1n) is 15.4. The molecule has 1 aromatic carbocycles. The zero-order valence-corrected chi connectivity index (χ0v) is 28.2. The summed E-state index contributed by atoms with van der Waals surface area (Å²) < 4.78 is 16.5. The summed E-state index contributed by atoms with van der Waals surface area (Å²) in [5.74, 6) is 2.23. The van der Waals surface area contributed by atoms with Gasteiger partial charge in [0.1, 0.15) is 17.0 Å². The molecule has 42 heavy (non-hydrogen) atoms. The van der Waals surface area contributed by atoms with E-state index in [9.17, 15) is 9.59 Å². The molecule has 0 spiro atoms. The Balaban J connectivity index is 0.000000317. The van der Waals surface area contributed by atoms with Crippen LogP contribution in [0.3, 0.4) is 0 Å². The Morgan fingerprint density at radius 3 is 1.62 bits per heavy atom. The molecule has 1 aromatic rings. The van der Waals surface area contributed by atoms with E-state index < -0.39 is 5.60 Å². The minimum Gasteiger partial charge on any atom is -0.494 e. The van der Waals surface area contributed by atoms with Gasteiger partial charge < -0.3 is 24.0 Å². The average Bonchev–Trinajstić information content (AvgIpc) is 2.93. The highest BCUT2D eigenvalue weighted by atomic mass is 79.9. The molecule has 3 rings (SSSR count). The maximum Gasteiger partial charge on any atom is 0.410 e. The molecule has 0 unspecified atom stereocenters. The predicted octanol–water partition coefficient (Wildman–Crippen LogP) is 8.17. The quantitative estimate of drug-likeness (QED) is 0.208. The second-order valence-electron chi connectivity index (χ2n) is 13.3. The van der Waals surface area contributed by atoms with Crippen LogP contribution in [0.2, 0.25) is 0 Å². The summed E-state index contributed by atoms with van der Waals surface area (Å²) >= 11 is 3.46. The average molecular weight is 651 g/mol. The van der Waals surface area contributed by atoms with E-state index in [0.29, 0.717) is 18.1 Å². The van der Waals surface area contributed by atoms with E-state index >= 15 is 0 Å². The van der Waals surface area contributed by atoms with Crippen LogP contribution < -0.4 is 4.74 Å². The number of nitriles is 1. The number of amides is 2. The van der Waals surface area contributed by atoms with E-state index in [1.54, 1.807) is 12.1 Å². The number of carbonyl (C=O) groups is 2. The van der Waals surface area contributed by atoms with Crippen molar-refractivity contribution in [2.24, 2.45) is 11.8 Å². The molecule has 2 aliphatic rings. The lowest BCUT2D eigenvalue weighted by Crippen LogP contribution is -2.41. The molecule has 0 aliphatic carbocycles. The molecule has 0 aromatic heterocycles. The fourth-order valence-electron chi connectivity index (χ4n) is 5.01. The van der Waals surface area contributed by atoms with Crippen molar-refractivity contribution in [2.45, 2.75) is 104 Å². The van der Waals surface area contributed by atoms with Crippen molar-refractivity contribution in [3.8, 4) is 11.8 Å². The molecular weight excluding hydrogens is 598 g/mol. The predicted molar refractivity (Wildman–Crippen MR) is 170 cm³/mol. The smallest absolute Gasteiger partial charge is 0.410 e. The van der Waals surface area contributed by atoms with E-state index in [2.05, 4.69) is 22.0 Å². The van der Waals surface area contributed by atoms with Gasteiger partial charge in [0, 0.05) is 31.5 Å². The fourth-order valence-corrected chi connectivity index (χ4v) is 5.34. The van der Waals surface area contributed by atoms with E-state index in [4.69, 9.17) is 19.5 Å². The molecule has 2 amide bonds. The normalized spacial score (nSPS) is 16.6. The van der Waals surface area contributed by atoms with Gasteiger partial charge in [-0.15, -0.1) is 0 Å². The molecular formula is C33H52BrN3O5. The summed E-state index contributed by atoms with van der Waals surface area (Å²) in [4.78, 5) is 27.5. The minimum absolute atomic E-state index is 0.156. The Morgan fingerprint density at radius 1 is 0.810 bits per heavy atom. The number of benzene rings is 1. The highest BCUT2D eigenvalue weighted by Gasteiger charge is 2.27. The van der Waals surface area contributed by atoms with Crippen molar-refractivity contribution in [2.75, 3.05) is 38.1 Å². The van der Waals surface area contributed by atoms with Crippen LogP contribution in [0.4, 0.5) is 9.59 Å². The van der Waals surface area contributed by atoms with Crippen LogP contribution in [0.5, 0.6) is 5.75 Å². The monoisotopic (exact) mass is 649 g/mol. The van der Waals surface area contributed by atoms with Gasteiger partial charge in [0.05, 0.1) is 18.2 Å². The van der Waals surface area contributed by atoms with E-state index in [0.717, 1.165) is 81.7 Å². The molecule has 2 fully saturated rings. The molecule has 2 heterocycles. The number of hydrogen-bond donors (Lipinski definition) is 0. The molecule has 0 N–H and O–H groups in total. The molecule has 0 saturated carbocycles. The van der Waals surface area contributed by atoms with E-state index in [1.807, 2.05) is 63.5 Å². The number of piperidine rings is 2. The van der Waals surface area contributed by atoms with Crippen LogP contribution in [-0.4, -0.2) is 71.3 Å². The van der Waals surface area contributed by atoms with Crippen LogP contribution in [0.15, 0.2) is 24.3 Å². The number of alkyl halides is 1. The van der Waals surface area contributed by atoms with Gasteiger partial charge in [-0.1, -0.05) is 15.9 Å². The highest BCUT2D eigenvalue weighted by molar-refractivity contribution is 9.09. The van der Waals surface area contributed by atoms with Crippen molar-refractivity contribution in [1.29, 1.82) is 5.26 Å². The van der Waals surface area contributed by atoms with Crippen molar-refractivity contribution < 1.29 is 23.8 Å². The van der Waals surface area contributed by atoms with Crippen LogP contribution in [0.25, 0.3) is 0 Å². The van der Waals surface area contributed by atoms with E-state index in [-0.39, 0.29) is 17.8 Å². The Bertz CT molecular complexity index is 981. The topological polar surface area (TPSA) is 92.1 Å². The Kier molecular flexibility index (Phi) is 15.0. The Labute approximate surface area is 262 Å². The first-order valence-corrected chi connectivity index (χ1v) is 16.6. The summed E-state index contributed by atoms with van der Waals surface area (Å²) in [6.07, 6.45) is 8.54. The maximum absolute atomic E-state index is 12.0. The lowest BCUT2D eigenvalue weighted by Gasteiger charge is -2.33. The lowest BCUT2D eigenvalue weighted by molar-refractivity contribution is 0.0170. The highest BCUT2D eigenvalue weighted by Crippen LogP contribution is 2.25. The zero-order chi connectivity index (χ0) is 31.2. The van der Waals surface area contributed by atoms with E-state index in [1.165, 1.54) is 12.8 Å². The number of halogens is 1. The third-order valence-electron chi connectivity index (χ3n) is 7.29. The summed E-state index contributed by atoms with van der Waals surface area (Å²) in [5.41, 5.74) is -0.176. The number of nitrogens with zero attached hydrogens (tertiary/aromatic N) is 3. The van der Waals surface area contributed by atoms with Crippen molar-refractivity contribution in [1.82, 2.24) is 9.80 Å². The van der Waals surface area contributed by atoms with Gasteiger partial charge >= 0.3 is 12.2 Å². The third-order valence-corrected chi connectivity index (χ3v) is 7.85. The number of hydrogen-bond acceptors (Lipinski definition) is 6. The third kappa shape index (κ3) is 14.6. The summed E-state index contributed by atoms with van der Waals surface area (Å²) in [6.45, 7) is 15.3. The largest absolute Gasteiger partial charge is 0.494 e. The molecule has 0 radical (unpaired) electrons. The molecule has 8 nitrogen and oxygen atoms in total. The second kappa shape index (κ2) is 17.6. The van der Waals surface area contributed by atoms with Crippen LogP contribution in [0, 0.1) is 23.2 Å². The maximum atomic E-state index is 12.0. The number of likely N-dealkylation sites (tertiary alicyclic amines) is 2. The standard InChI is InChI=1S/C20H28N2O3.C13H24BrNO2/c1-20(2,3)25-19(23)22-12-10-16(11-13-22)5-4-14-24-18-8-6-17(15-21)7-9-18;1-13(2,3)17-12(16)15-9-6-11(7-10-15)5-4-8-14/h6-9,16H,4-5,10-14H2,1-3H3;11H,4-10H2,1-3H3. The Morgan fingerprint density at radius 2 is 1.24 bits per heavy atom. The summed E-state index contributed by atoms with van der Waals surface area (Å²) in [6, 6.07) is 9.29. The molecule has 2 saturated heterocycles. The zero-order valence-electron chi connectivity index (χ0n) is 26.6. The van der Waals surface area contributed by atoms with Crippen molar-refractivity contribution in [3.05, 3.63) is 29.8 Å². The molecule has 236 valence electrons. The SMILES string of the molecule is CC(C)(C)OC(=O)N1CCC(CCCBr)CC1.CC(C)(C)OC(=O)N1CCC(CCCOc2ccc(C#N)cc2)CC1. The lowest BCUT2D eigenvalue weighted by atomic mass is 9.92. The van der Waals surface area contributed by atoms with Gasteiger partial charge in [0.25, 0.3) is 0 Å². The summed E-state index contributed by atoms with van der Waals surface area (Å²) in [7, 11) is 0. The summed E-state index contributed by atoms with van der Waals surface area (Å²) in [5, 5.41) is 9.85. The van der Waals surface area contributed by atoms with Gasteiger partial charge in [-0.2, -0.15) is 5.26 Å². The fraction of sp³-hybridized carbons (Fsp3) is 0.727. The van der Waals surface area contributed by atoms with Crippen molar-refractivity contribution >= 4 is 28.1 Å². The number of rotatable bonds is 8. The minimum atomic E-state index is -0.434. The van der Waals surface area contributed by atoms with Crippen LogP contribution in [-0.2, 0) is 9.47 Å². The first kappa shape index (κ1) is 35.7. The van der Waals surface area contributed by atoms with Gasteiger partial charge in [-0.05, 0) is 129 Å². The van der Waals surface area contributed by atoms with Gasteiger partial charge in [-0.25, -0.2) is 9.59 Å². The van der Waals surface area contributed by atoms with Gasteiger partial charge in [0.15, 0.2) is 0 Å².